The van der Waals surface area contributed by atoms with Crippen molar-refractivity contribution in [1.29, 1.82) is 0 Å². The Kier molecular flexibility index (Phi) is 6.95. The van der Waals surface area contributed by atoms with E-state index in [0.29, 0.717) is 18.3 Å². The Morgan fingerprint density at radius 2 is 1.82 bits per heavy atom. The van der Waals surface area contributed by atoms with E-state index in [1.165, 1.54) is 51.3 Å². The van der Waals surface area contributed by atoms with Gasteiger partial charge in [0, 0.05) is 13.0 Å². The number of hydrogen-bond acceptors (Lipinski definition) is 6. The molecule has 1 aromatic carbocycles. The van der Waals surface area contributed by atoms with E-state index in [1.54, 1.807) is 12.1 Å². The molecule has 1 aliphatic heterocycles. The van der Waals surface area contributed by atoms with Gasteiger partial charge in [-0.3, -0.25) is 4.79 Å². The van der Waals surface area contributed by atoms with Crippen molar-refractivity contribution < 1.29 is 27.8 Å². The van der Waals surface area contributed by atoms with Crippen LogP contribution in [-0.2, 0) is 19.6 Å². The number of carbonyl (C=O) groups excluding carboxylic acids is 1. The number of esters is 1. The zero-order valence-electron chi connectivity index (χ0n) is 16.2. The van der Waals surface area contributed by atoms with E-state index >= 15 is 0 Å². The zero-order chi connectivity index (χ0) is 20.1. The average molecular weight is 412 g/mol. The van der Waals surface area contributed by atoms with Gasteiger partial charge in [-0.2, -0.15) is 4.31 Å². The minimum Gasteiger partial charge on any atom is -0.493 e. The predicted octanol–water partition coefficient (Wildman–Crippen LogP) is 2.33. The van der Waals surface area contributed by atoms with Gasteiger partial charge in [0.1, 0.15) is 11.8 Å². The SMILES string of the molecule is COC(=O)[C@@H]1C[C@H](O)CCN1S(=O)(=O)c1ccc(OCC2CCCCC2)cc1. The number of hydrogen-bond donors (Lipinski definition) is 1. The Labute approximate surface area is 166 Å². The lowest BCUT2D eigenvalue weighted by atomic mass is 9.90. The molecule has 0 aromatic heterocycles. The third kappa shape index (κ3) is 4.85. The van der Waals surface area contributed by atoms with E-state index in [9.17, 15) is 18.3 Å². The van der Waals surface area contributed by atoms with E-state index in [2.05, 4.69) is 0 Å². The summed E-state index contributed by atoms with van der Waals surface area (Å²) in [6, 6.07) is 5.31. The van der Waals surface area contributed by atoms with Gasteiger partial charge in [0.2, 0.25) is 10.0 Å². The van der Waals surface area contributed by atoms with Crippen LogP contribution in [0, 0.1) is 5.92 Å². The maximum atomic E-state index is 13.0. The highest BCUT2D eigenvalue weighted by molar-refractivity contribution is 7.89. The van der Waals surface area contributed by atoms with Gasteiger partial charge in [-0.05, 0) is 49.4 Å². The first-order chi connectivity index (χ1) is 13.4. The lowest BCUT2D eigenvalue weighted by molar-refractivity contribution is -0.147. The van der Waals surface area contributed by atoms with Crippen LogP contribution in [0.1, 0.15) is 44.9 Å². The molecule has 0 spiro atoms. The van der Waals surface area contributed by atoms with Crippen LogP contribution in [-0.4, -0.2) is 56.2 Å². The van der Waals surface area contributed by atoms with Crippen LogP contribution in [0.2, 0.25) is 0 Å². The molecule has 1 aromatic rings. The molecule has 1 saturated heterocycles. The monoisotopic (exact) mass is 411 g/mol. The summed E-state index contributed by atoms with van der Waals surface area (Å²) in [5.74, 6) is 0.551. The number of nitrogens with zero attached hydrogens (tertiary/aromatic N) is 1. The van der Waals surface area contributed by atoms with Crippen LogP contribution < -0.4 is 4.74 Å². The maximum Gasteiger partial charge on any atom is 0.324 e. The van der Waals surface area contributed by atoms with Gasteiger partial charge >= 0.3 is 5.97 Å². The summed E-state index contributed by atoms with van der Waals surface area (Å²) < 4.78 is 37.8. The van der Waals surface area contributed by atoms with Gasteiger partial charge in [0.15, 0.2) is 0 Å². The summed E-state index contributed by atoms with van der Waals surface area (Å²) in [5, 5.41) is 9.84. The largest absolute Gasteiger partial charge is 0.493 e. The number of methoxy groups -OCH3 is 1. The number of carbonyl (C=O) groups is 1. The fourth-order valence-electron chi connectivity index (χ4n) is 3.97. The molecule has 2 fully saturated rings. The molecule has 7 nitrogen and oxygen atoms in total. The summed E-state index contributed by atoms with van der Waals surface area (Å²) in [6.45, 7) is 0.726. The first-order valence-electron chi connectivity index (χ1n) is 9.92. The van der Waals surface area contributed by atoms with Crippen molar-refractivity contribution in [3.05, 3.63) is 24.3 Å². The molecule has 28 heavy (non-hydrogen) atoms. The number of piperidine rings is 1. The molecule has 3 rings (SSSR count). The lowest BCUT2D eigenvalue weighted by Crippen LogP contribution is -2.51. The van der Waals surface area contributed by atoms with E-state index in [4.69, 9.17) is 9.47 Å². The van der Waals surface area contributed by atoms with Crippen LogP contribution in [0.5, 0.6) is 5.75 Å². The molecule has 2 atom stereocenters. The molecule has 0 radical (unpaired) electrons. The van der Waals surface area contributed by atoms with Crippen LogP contribution >= 0.6 is 0 Å². The number of aliphatic hydroxyl groups is 1. The second-order valence-electron chi connectivity index (χ2n) is 7.62. The van der Waals surface area contributed by atoms with Crippen molar-refractivity contribution in [3.8, 4) is 5.75 Å². The third-order valence-corrected chi connectivity index (χ3v) is 7.56. The van der Waals surface area contributed by atoms with Crippen molar-refractivity contribution in [2.45, 2.75) is 62.0 Å². The first kappa shape index (κ1) is 21.1. The molecular formula is C20H29NO6S. The molecule has 1 N–H and O–H groups in total. The average Bonchev–Trinajstić information content (AvgIpc) is 2.72. The topological polar surface area (TPSA) is 93.1 Å². The van der Waals surface area contributed by atoms with Gasteiger partial charge in [0.25, 0.3) is 0 Å². The van der Waals surface area contributed by atoms with E-state index < -0.39 is 28.1 Å². The van der Waals surface area contributed by atoms with Crippen molar-refractivity contribution in [2.24, 2.45) is 5.92 Å². The normalized spacial score (nSPS) is 24.6. The number of rotatable bonds is 6. The molecule has 156 valence electrons. The molecule has 1 heterocycles. The summed E-state index contributed by atoms with van der Waals surface area (Å²) in [7, 11) is -2.66. The lowest BCUT2D eigenvalue weighted by Gasteiger charge is -2.34. The Morgan fingerprint density at radius 3 is 2.46 bits per heavy atom. The van der Waals surface area contributed by atoms with Crippen molar-refractivity contribution in [3.63, 3.8) is 0 Å². The van der Waals surface area contributed by atoms with Gasteiger partial charge in [-0.1, -0.05) is 19.3 Å². The zero-order valence-corrected chi connectivity index (χ0v) is 17.1. The highest BCUT2D eigenvalue weighted by atomic mass is 32.2. The van der Waals surface area contributed by atoms with Crippen LogP contribution in [0.3, 0.4) is 0 Å². The quantitative estimate of drug-likeness (QED) is 0.722. The minimum absolute atomic E-state index is 0.0362. The van der Waals surface area contributed by atoms with Gasteiger partial charge in [-0.15, -0.1) is 0 Å². The van der Waals surface area contributed by atoms with Crippen molar-refractivity contribution in [1.82, 2.24) is 4.31 Å². The summed E-state index contributed by atoms with van der Waals surface area (Å²) in [6.07, 6.45) is 5.76. The van der Waals surface area contributed by atoms with Crippen molar-refractivity contribution >= 4 is 16.0 Å². The molecule has 0 unspecified atom stereocenters. The minimum atomic E-state index is -3.88. The molecular weight excluding hydrogens is 382 g/mol. The number of aliphatic hydroxyl groups excluding tert-OH is 1. The summed E-state index contributed by atoms with van der Waals surface area (Å²) in [4.78, 5) is 12.1. The number of sulfonamides is 1. The summed E-state index contributed by atoms with van der Waals surface area (Å²) in [5.41, 5.74) is 0. The summed E-state index contributed by atoms with van der Waals surface area (Å²) >= 11 is 0. The fourth-order valence-corrected chi connectivity index (χ4v) is 5.58. The highest BCUT2D eigenvalue weighted by Crippen LogP contribution is 2.28. The Balaban J connectivity index is 1.69. The van der Waals surface area contributed by atoms with Crippen LogP contribution in [0.25, 0.3) is 0 Å². The fraction of sp³-hybridized carbons (Fsp3) is 0.650. The van der Waals surface area contributed by atoms with Crippen molar-refractivity contribution in [2.75, 3.05) is 20.3 Å². The van der Waals surface area contributed by atoms with Gasteiger partial charge < -0.3 is 14.6 Å². The van der Waals surface area contributed by atoms with Gasteiger partial charge in [0.05, 0.1) is 24.7 Å². The molecule has 1 saturated carbocycles. The molecule has 0 amide bonds. The Morgan fingerprint density at radius 1 is 1.14 bits per heavy atom. The Hall–Kier alpha value is -1.64. The van der Waals surface area contributed by atoms with E-state index in [1.807, 2.05) is 0 Å². The van der Waals surface area contributed by atoms with E-state index in [0.717, 1.165) is 4.31 Å². The first-order valence-corrected chi connectivity index (χ1v) is 11.4. The number of benzene rings is 1. The maximum absolute atomic E-state index is 13.0. The van der Waals surface area contributed by atoms with Gasteiger partial charge in [-0.25, -0.2) is 8.42 Å². The second kappa shape index (κ2) is 9.24. The molecule has 1 aliphatic carbocycles. The highest BCUT2D eigenvalue weighted by Gasteiger charge is 2.41. The number of ether oxygens (including phenoxy) is 2. The van der Waals surface area contributed by atoms with Crippen LogP contribution in [0.4, 0.5) is 0 Å². The smallest absolute Gasteiger partial charge is 0.324 e. The Bertz CT molecular complexity index is 757. The second-order valence-corrected chi connectivity index (χ2v) is 9.51. The predicted molar refractivity (Wildman–Crippen MR) is 103 cm³/mol. The van der Waals surface area contributed by atoms with Crippen LogP contribution in [0.15, 0.2) is 29.2 Å². The molecule has 0 bridgehead atoms. The molecule has 2 aliphatic rings. The third-order valence-electron chi connectivity index (χ3n) is 5.64. The van der Waals surface area contributed by atoms with E-state index in [-0.39, 0.29) is 24.3 Å². The standard InChI is InChI=1S/C20H29NO6S/c1-26-20(23)19-13-16(22)11-12-21(19)28(24,25)18-9-7-17(8-10-18)27-14-15-5-3-2-4-6-15/h7-10,15-16,19,22H,2-6,11-14H2,1H3/t16-,19+/m1/s1. The molecule has 8 heteroatoms.